The van der Waals surface area contributed by atoms with E-state index in [1.165, 1.54) is 0 Å². The van der Waals surface area contributed by atoms with Crippen LogP contribution in [-0.2, 0) is 28.2 Å². The van der Waals surface area contributed by atoms with E-state index < -0.39 is 42.2 Å². The van der Waals surface area contributed by atoms with E-state index in [1.807, 2.05) is 36.0 Å². The van der Waals surface area contributed by atoms with Crippen LogP contribution in [0.1, 0.15) is 22.3 Å². The van der Waals surface area contributed by atoms with Gasteiger partial charge in [0, 0.05) is 56.7 Å². The molecule has 2 aromatic rings. The van der Waals surface area contributed by atoms with E-state index in [-0.39, 0.29) is 29.8 Å². The Morgan fingerprint density at radius 2 is 1.58 bits per heavy atom. The molecule has 2 aromatic carbocycles. The summed E-state index contributed by atoms with van der Waals surface area (Å²) in [6.45, 7) is 2.41. The molecule has 0 amide bonds. The van der Waals surface area contributed by atoms with Gasteiger partial charge in [-0.2, -0.15) is 26.3 Å². The number of nitrogens with one attached hydrogen (secondary N) is 2. The van der Waals surface area contributed by atoms with Crippen LogP contribution in [0.25, 0.3) is 5.70 Å². The number of rotatable bonds is 5. The second kappa shape index (κ2) is 12.3. The van der Waals surface area contributed by atoms with Crippen LogP contribution in [0, 0.1) is 5.21 Å². The number of hydrogen-bond acceptors (Lipinski definition) is 8. The summed E-state index contributed by atoms with van der Waals surface area (Å²) in [5, 5.41) is 21.2. The first-order chi connectivity index (χ1) is 20.3. The van der Waals surface area contributed by atoms with Crippen LogP contribution in [0.5, 0.6) is 0 Å². The molecule has 2 atom stereocenters. The molecule has 14 heteroatoms. The van der Waals surface area contributed by atoms with Crippen molar-refractivity contribution < 1.29 is 35.8 Å². The van der Waals surface area contributed by atoms with Gasteiger partial charge < -0.3 is 30.0 Å². The molecule has 0 saturated carbocycles. The zero-order valence-electron chi connectivity index (χ0n) is 23.6. The van der Waals surface area contributed by atoms with Gasteiger partial charge in [0.05, 0.1) is 31.0 Å². The lowest BCUT2D eigenvalue weighted by Gasteiger charge is -2.47. The van der Waals surface area contributed by atoms with Crippen molar-refractivity contribution >= 4 is 11.4 Å². The van der Waals surface area contributed by atoms with E-state index in [4.69, 9.17) is 9.47 Å². The first-order valence-electron chi connectivity index (χ1n) is 13.7. The van der Waals surface area contributed by atoms with Gasteiger partial charge in [0.15, 0.2) is 12.1 Å². The average molecular weight is 613 g/mol. The number of benzene rings is 2. The predicted octanol–water partition coefficient (Wildman–Crippen LogP) is 4.59. The van der Waals surface area contributed by atoms with E-state index in [0.717, 1.165) is 5.69 Å². The molecule has 8 nitrogen and oxygen atoms in total. The van der Waals surface area contributed by atoms with Crippen molar-refractivity contribution in [3.8, 4) is 0 Å². The molecule has 0 spiro atoms. The van der Waals surface area contributed by atoms with E-state index in [1.54, 1.807) is 18.2 Å². The third-order valence-electron chi connectivity index (χ3n) is 7.60. The maximum atomic E-state index is 14.4. The van der Waals surface area contributed by atoms with Crippen LogP contribution in [0.2, 0.25) is 0 Å². The zero-order valence-corrected chi connectivity index (χ0v) is 23.6. The first kappa shape index (κ1) is 31.0. The fourth-order valence-electron chi connectivity index (χ4n) is 5.33. The highest BCUT2D eigenvalue weighted by atomic mass is 19.4. The van der Waals surface area contributed by atoms with Crippen LogP contribution >= 0.6 is 0 Å². The van der Waals surface area contributed by atoms with E-state index in [9.17, 15) is 31.5 Å². The molecule has 5 rings (SSSR count). The molecule has 2 unspecified atom stereocenters. The Morgan fingerprint density at radius 3 is 2.16 bits per heavy atom. The number of morpholine rings is 1. The molecular weight excluding hydrogens is 580 g/mol. The van der Waals surface area contributed by atoms with Gasteiger partial charge in [0.1, 0.15) is 0 Å². The zero-order chi connectivity index (χ0) is 30.9. The largest absolute Gasteiger partial charge is 0.758 e. The molecule has 1 fully saturated rings. The van der Waals surface area contributed by atoms with Gasteiger partial charge >= 0.3 is 12.4 Å². The van der Waals surface area contributed by atoms with Crippen molar-refractivity contribution in [2.75, 3.05) is 58.5 Å². The molecule has 0 aliphatic carbocycles. The Bertz CT molecular complexity index is 1320. The fraction of sp³-hybridized carbons (Fsp3) is 0.448. The van der Waals surface area contributed by atoms with Gasteiger partial charge in [0.2, 0.25) is 0 Å². The van der Waals surface area contributed by atoms with Crippen molar-refractivity contribution in [1.29, 1.82) is 0 Å². The minimum atomic E-state index is -5.01. The lowest BCUT2D eigenvalue weighted by atomic mass is 9.93. The molecule has 3 heterocycles. The van der Waals surface area contributed by atoms with Crippen LogP contribution in [0.15, 0.2) is 60.0 Å². The van der Waals surface area contributed by atoms with Gasteiger partial charge in [-0.15, -0.1) is 0 Å². The third-order valence-corrected chi connectivity index (χ3v) is 7.60. The highest BCUT2D eigenvalue weighted by Crippen LogP contribution is 2.38. The van der Waals surface area contributed by atoms with Crippen molar-refractivity contribution in [2.24, 2.45) is 0 Å². The van der Waals surface area contributed by atoms with Gasteiger partial charge in [-0.1, -0.05) is 12.1 Å². The SMILES string of the molecule is CN(C)c1ccc(/C2=C/C(N3CCOCC3)OC3=C(CNCN3)C(Cc3cc(C(F)(F)F)cc(C(F)(F)F)c3)N2[O-])cc1. The highest BCUT2D eigenvalue weighted by Gasteiger charge is 2.38. The third kappa shape index (κ3) is 7.03. The number of nitrogens with zero attached hydrogens (tertiary/aromatic N) is 3. The van der Waals surface area contributed by atoms with Gasteiger partial charge in [-0.3, -0.25) is 10.2 Å². The lowest BCUT2D eigenvalue weighted by molar-refractivity contribution is -0.143. The van der Waals surface area contributed by atoms with Crippen molar-refractivity contribution in [2.45, 2.75) is 31.0 Å². The van der Waals surface area contributed by atoms with Gasteiger partial charge in [0.25, 0.3) is 0 Å². The van der Waals surface area contributed by atoms with E-state index in [2.05, 4.69) is 10.6 Å². The van der Waals surface area contributed by atoms with Crippen molar-refractivity contribution in [3.05, 3.63) is 87.5 Å². The van der Waals surface area contributed by atoms with E-state index in [0.29, 0.717) is 61.3 Å². The molecule has 3 aliphatic rings. The normalized spacial score (nSPS) is 23.4. The van der Waals surface area contributed by atoms with Crippen LogP contribution in [-0.4, -0.2) is 75.8 Å². The average Bonchev–Trinajstić information content (AvgIpc) is 2.97. The number of ether oxygens (including phenoxy) is 2. The molecular formula is C29H32F6N5O3-. The summed E-state index contributed by atoms with van der Waals surface area (Å²) in [5.74, 6) is 0.266. The molecule has 1 saturated heterocycles. The summed E-state index contributed by atoms with van der Waals surface area (Å²) in [5.41, 5.74) is -1.18. The second-order valence-corrected chi connectivity index (χ2v) is 10.7. The standard InChI is InChI=1S/C29H32F6N5O3/c1-38(2)22-5-3-19(4-6-22)24-15-26(39-7-9-42-10-8-39)43-27-23(16-36-17-37-27)25(40(24)41)13-18-11-20(28(30,31)32)14-21(12-18)29(33,34)35/h3-6,11-12,14-15,25-26,36-37H,7-10,13,16-17H2,1-2H3/q-1/b24-15-. The highest BCUT2D eigenvalue weighted by molar-refractivity contribution is 5.68. The summed E-state index contributed by atoms with van der Waals surface area (Å²) in [4.78, 5) is 3.89. The Balaban J connectivity index is 1.62. The van der Waals surface area contributed by atoms with Crippen LogP contribution < -0.4 is 15.5 Å². The number of hydroxylamine groups is 2. The molecule has 234 valence electrons. The molecule has 43 heavy (non-hydrogen) atoms. The van der Waals surface area contributed by atoms with Crippen molar-refractivity contribution in [3.63, 3.8) is 0 Å². The lowest BCUT2D eigenvalue weighted by Crippen LogP contribution is -2.50. The maximum absolute atomic E-state index is 14.4. The minimum absolute atomic E-state index is 0.0820. The molecule has 0 bridgehead atoms. The summed E-state index contributed by atoms with van der Waals surface area (Å²) in [6.07, 6.45) is -9.50. The molecule has 0 aromatic heterocycles. The minimum Gasteiger partial charge on any atom is -0.758 e. The van der Waals surface area contributed by atoms with Crippen LogP contribution in [0.3, 0.4) is 0 Å². The first-order valence-corrected chi connectivity index (χ1v) is 13.7. The Hall–Kier alpha value is -3.46. The smallest absolute Gasteiger partial charge is 0.416 e. The second-order valence-electron chi connectivity index (χ2n) is 10.7. The number of halogens is 6. The van der Waals surface area contributed by atoms with E-state index >= 15 is 0 Å². The Labute approximate surface area is 245 Å². The Morgan fingerprint density at radius 1 is 0.953 bits per heavy atom. The number of hydrogen-bond donors (Lipinski definition) is 2. The number of alkyl halides is 6. The number of anilines is 1. The molecule has 3 aliphatic heterocycles. The Kier molecular flexibility index (Phi) is 8.84. The predicted molar refractivity (Wildman–Crippen MR) is 148 cm³/mol. The summed E-state index contributed by atoms with van der Waals surface area (Å²) in [7, 11) is 3.73. The van der Waals surface area contributed by atoms with Crippen molar-refractivity contribution in [1.82, 2.24) is 20.6 Å². The summed E-state index contributed by atoms with van der Waals surface area (Å²) < 4.78 is 93.8. The van der Waals surface area contributed by atoms with Gasteiger partial charge in [-0.05, 0) is 54.0 Å². The quantitative estimate of drug-likeness (QED) is 0.476. The molecule has 0 radical (unpaired) electrons. The van der Waals surface area contributed by atoms with Gasteiger partial charge in [-0.25, -0.2) is 0 Å². The van der Waals surface area contributed by atoms with Crippen LogP contribution in [0.4, 0.5) is 32.0 Å². The topological polar surface area (TPSA) is 75.3 Å². The molecule has 2 N–H and O–H groups in total. The summed E-state index contributed by atoms with van der Waals surface area (Å²) >= 11 is 0. The maximum Gasteiger partial charge on any atom is 0.416 e. The monoisotopic (exact) mass is 612 g/mol. The fourth-order valence-corrected chi connectivity index (χ4v) is 5.33. The summed E-state index contributed by atoms with van der Waals surface area (Å²) in [6, 6.07) is 7.36.